The van der Waals surface area contributed by atoms with E-state index >= 15 is 0 Å². The number of carbonyl (C=O) groups excluding carboxylic acids is 1. The van der Waals surface area contributed by atoms with E-state index in [0.29, 0.717) is 39.7 Å². The predicted octanol–water partition coefficient (Wildman–Crippen LogP) is 5.09. The molecule has 0 unspecified atom stereocenters. The largest absolute Gasteiger partial charge is 0.438 e. The number of likely N-dealkylation sites (N-methyl/N-ethyl adjacent to an activating group) is 1. The molecule has 0 atom stereocenters. The molecule has 1 fully saturated rings. The first-order chi connectivity index (χ1) is 17.5. The highest BCUT2D eigenvalue weighted by atomic mass is 79.9. The summed E-state index contributed by atoms with van der Waals surface area (Å²) in [5.41, 5.74) is 2.23. The van der Waals surface area contributed by atoms with E-state index in [2.05, 4.69) is 49.0 Å². The molecule has 5 rings (SSSR count). The number of ether oxygens (including phenoxy) is 1. The molecule has 1 saturated heterocycles. The lowest BCUT2D eigenvalue weighted by Crippen LogP contribution is -2.44. The number of aromatic nitrogens is 3. The van der Waals surface area contributed by atoms with Gasteiger partial charge in [0.15, 0.2) is 0 Å². The molecule has 11 heteroatoms. The van der Waals surface area contributed by atoms with Crippen molar-refractivity contribution >= 4 is 56.9 Å². The molecular weight excluding hydrogens is 541 g/mol. The van der Waals surface area contributed by atoms with Gasteiger partial charge in [0.1, 0.15) is 17.2 Å². The van der Waals surface area contributed by atoms with Gasteiger partial charge < -0.3 is 30.2 Å². The van der Waals surface area contributed by atoms with Gasteiger partial charge in [-0.25, -0.2) is 4.39 Å². The summed E-state index contributed by atoms with van der Waals surface area (Å²) in [4.78, 5) is 28.0. The minimum atomic E-state index is -0.320. The molecule has 4 aromatic rings. The van der Waals surface area contributed by atoms with Crippen molar-refractivity contribution in [3.8, 4) is 11.6 Å². The van der Waals surface area contributed by atoms with E-state index < -0.39 is 0 Å². The number of benzene rings is 2. The zero-order valence-corrected chi connectivity index (χ0v) is 21.9. The van der Waals surface area contributed by atoms with Crippen molar-refractivity contribution in [1.29, 1.82) is 0 Å². The fraction of sp³-hybridized carbons (Fsp3) is 0.192. The summed E-state index contributed by atoms with van der Waals surface area (Å²) in [5, 5.41) is 6.46. The highest BCUT2D eigenvalue weighted by molar-refractivity contribution is 8.93. The number of piperazine rings is 1. The third-order valence-corrected chi connectivity index (χ3v) is 5.93. The third-order valence-electron chi connectivity index (χ3n) is 5.93. The lowest BCUT2D eigenvalue weighted by atomic mass is 10.2. The Kier molecular flexibility index (Phi) is 8.04. The summed E-state index contributed by atoms with van der Waals surface area (Å²) in [6, 6.07) is 13.8. The summed E-state index contributed by atoms with van der Waals surface area (Å²) < 4.78 is 21.0. The van der Waals surface area contributed by atoms with Crippen molar-refractivity contribution in [1.82, 2.24) is 19.9 Å². The van der Waals surface area contributed by atoms with Crippen LogP contribution in [0, 0.1) is 5.82 Å². The van der Waals surface area contributed by atoms with Crippen LogP contribution in [-0.4, -0.2) is 59.0 Å². The number of fused-ring (bicyclic) bond motifs is 1. The molecule has 3 N–H and O–H groups in total. The molecule has 1 amide bonds. The van der Waals surface area contributed by atoms with Gasteiger partial charge in [-0.05, 0) is 49.5 Å². The first-order valence-corrected chi connectivity index (χ1v) is 11.5. The van der Waals surface area contributed by atoms with Gasteiger partial charge in [-0.2, -0.15) is 9.97 Å². The Hall–Kier alpha value is -3.96. The maximum Gasteiger partial charge on any atom is 0.247 e. The summed E-state index contributed by atoms with van der Waals surface area (Å²) in [7, 11) is 2.07. The van der Waals surface area contributed by atoms with Crippen LogP contribution in [-0.2, 0) is 4.79 Å². The standard InChI is InChI=1S/C26H26FN7O2.BrH/c1-3-23(35)29-17-5-4-6-19(15-17)36-25-20-9-10-28-24(20)31-26(32-25)30-18-7-8-22(21(27)16-18)34-13-11-33(2)12-14-34;/h3-10,15-16H,1,11-14H2,2H3,(H,29,35)(H2,28,30,31,32);1H. The first-order valence-electron chi connectivity index (χ1n) is 11.5. The molecule has 0 aliphatic carbocycles. The Morgan fingerprint density at radius 1 is 1.11 bits per heavy atom. The van der Waals surface area contributed by atoms with E-state index in [0.717, 1.165) is 26.2 Å². The smallest absolute Gasteiger partial charge is 0.247 e. The van der Waals surface area contributed by atoms with Gasteiger partial charge in [0.25, 0.3) is 0 Å². The number of anilines is 4. The van der Waals surface area contributed by atoms with Crippen LogP contribution >= 0.6 is 17.0 Å². The summed E-state index contributed by atoms with van der Waals surface area (Å²) in [6.07, 6.45) is 2.93. The first kappa shape index (κ1) is 26.1. The molecule has 0 radical (unpaired) electrons. The van der Waals surface area contributed by atoms with Crippen molar-refractivity contribution in [2.45, 2.75) is 0 Å². The quantitative estimate of drug-likeness (QED) is 0.267. The van der Waals surface area contributed by atoms with E-state index in [1.165, 1.54) is 12.1 Å². The highest BCUT2D eigenvalue weighted by Crippen LogP contribution is 2.31. The molecule has 1 aliphatic heterocycles. The molecule has 2 aromatic heterocycles. The van der Waals surface area contributed by atoms with E-state index in [-0.39, 0.29) is 34.7 Å². The summed E-state index contributed by atoms with van der Waals surface area (Å²) in [5.74, 6) is 0.416. The zero-order valence-electron chi connectivity index (χ0n) is 20.2. The number of H-pyrrole nitrogens is 1. The number of hydrogen-bond donors (Lipinski definition) is 3. The van der Waals surface area contributed by atoms with Crippen LogP contribution in [0.3, 0.4) is 0 Å². The van der Waals surface area contributed by atoms with Crippen LogP contribution in [0.25, 0.3) is 11.0 Å². The topological polar surface area (TPSA) is 98.4 Å². The Morgan fingerprint density at radius 3 is 2.68 bits per heavy atom. The third kappa shape index (κ3) is 6.07. The number of rotatable bonds is 7. The second-order valence-corrected chi connectivity index (χ2v) is 8.50. The van der Waals surface area contributed by atoms with E-state index in [1.54, 1.807) is 36.5 Å². The second-order valence-electron chi connectivity index (χ2n) is 8.50. The van der Waals surface area contributed by atoms with Gasteiger partial charge >= 0.3 is 0 Å². The van der Waals surface area contributed by atoms with Gasteiger partial charge in [-0.3, -0.25) is 4.79 Å². The van der Waals surface area contributed by atoms with Gasteiger partial charge in [-0.15, -0.1) is 17.0 Å². The van der Waals surface area contributed by atoms with Crippen molar-refractivity contribution in [2.24, 2.45) is 0 Å². The Labute approximate surface area is 224 Å². The van der Waals surface area contributed by atoms with E-state index in [4.69, 9.17) is 4.74 Å². The van der Waals surface area contributed by atoms with Crippen LogP contribution in [0.5, 0.6) is 11.6 Å². The number of halogens is 2. The van der Waals surface area contributed by atoms with Gasteiger partial charge in [-0.1, -0.05) is 12.6 Å². The summed E-state index contributed by atoms with van der Waals surface area (Å²) in [6.45, 7) is 6.82. The fourth-order valence-electron chi connectivity index (χ4n) is 4.01. The Bertz CT molecular complexity index is 1420. The highest BCUT2D eigenvalue weighted by Gasteiger charge is 2.18. The van der Waals surface area contributed by atoms with Gasteiger partial charge in [0.05, 0.1) is 11.1 Å². The second kappa shape index (κ2) is 11.4. The molecular formula is C26H27BrFN7O2. The summed E-state index contributed by atoms with van der Waals surface area (Å²) >= 11 is 0. The van der Waals surface area contributed by atoms with Crippen molar-refractivity contribution in [2.75, 3.05) is 48.8 Å². The number of hydrogen-bond acceptors (Lipinski definition) is 7. The minimum Gasteiger partial charge on any atom is -0.438 e. The average Bonchev–Trinajstić information content (AvgIpc) is 3.34. The van der Waals surface area contributed by atoms with E-state index in [1.807, 2.05) is 12.1 Å². The monoisotopic (exact) mass is 567 g/mol. The predicted molar refractivity (Wildman–Crippen MR) is 149 cm³/mol. The van der Waals surface area contributed by atoms with Gasteiger partial charge in [0.2, 0.25) is 17.7 Å². The molecule has 1 aliphatic rings. The normalized spacial score (nSPS) is 13.6. The maximum atomic E-state index is 15.0. The minimum absolute atomic E-state index is 0. The van der Waals surface area contributed by atoms with Crippen molar-refractivity contribution in [3.63, 3.8) is 0 Å². The molecule has 0 spiro atoms. The molecule has 192 valence electrons. The van der Waals surface area contributed by atoms with Crippen LogP contribution in [0.2, 0.25) is 0 Å². The molecule has 0 saturated carbocycles. The molecule has 3 heterocycles. The molecule has 9 nitrogen and oxygen atoms in total. The van der Waals surface area contributed by atoms with E-state index in [9.17, 15) is 9.18 Å². The number of nitrogens with one attached hydrogen (secondary N) is 3. The zero-order chi connectivity index (χ0) is 25.1. The lowest BCUT2D eigenvalue weighted by molar-refractivity contribution is -0.111. The lowest BCUT2D eigenvalue weighted by Gasteiger charge is -2.34. The SMILES string of the molecule is Br.C=CC(=O)Nc1cccc(Oc2nc(Nc3ccc(N4CCN(C)CC4)c(F)c3)nc3[nH]ccc23)c1. The number of carbonyl (C=O) groups is 1. The van der Waals surface area contributed by atoms with Gasteiger partial charge in [0, 0.05) is 49.8 Å². The molecule has 37 heavy (non-hydrogen) atoms. The molecule has 0 bridgehead atoms. The maximum absolute atomic E-state index is 15.0. The van der Waals surface area contributed by atoms with Crippen molar-refractivity contribution < 1.29 is 13.9 Å². The molecule has 2 aromatic carbocycles. The van der Waals surface area contributed by atoms with Crippen LogP contribution in [0.4, 0.5) is 27.4 Å². The van der Waals surface area contributed by atoms with Crippen LogP contribution in [0.1, 0.15) is 0 Å². The Morgan fingerprint density at radius 2 is 1.92 bits per heavy atom. The number of aromatic amines is 1. The van der Waals surface area contributed by atoms with Crippen molar-refractivity contribution in [3.05, 3.63) is 73.2 Å². The Balaban J connectivity index is 0.00000320. The van der Waals surface area contributed by atoms with Crippen LogP contribution < -0.4 is 20.3 Å². The van der Waals surface area contributed by atoms with Crippen LogP contribution in [0.15, 0.2) is 67.4 Å². The average molecular weight is 568 g/mol. The number of nitrogens with zero attached hydrogens (tertiary/aromatic N) is 4. The number of amides is 1. The fourth-order valence-corrected chi connectivity index (χ4v) is 4.01.